The fourth-order valence-corrected chi connectivity index (χ4v) is 5.63. The van der Waals surface area contributed by atoms with E-state index in [2.05, 4.69) is 40.3 Å². The first kappa shape index (κ1) is 25.8. The summed E-state index contributed by atoms with van der Waals surface area (Å²) in [5.74, 6) is 0.819. The lowest BCUT2D eigenvalue weighted by Gasteiger charge is -2.25. The lowest BCUT2D eigenvalue weighted by Crippen LogP contribution is -2.19. The van der Waals surface area contributed by atoms with Crippen LogP contribution >= 0.6 is 20.2 Å². The highest BCUT2D eigenvalue weighted by molar-refractivity contribution is 7.81. The van der Waals surface area contributed by atoms with Crippen molar-refractivity contribution in [1.29, 1.82) is 0 Å². The Morgan fingerprint density at radius 2 is 1.43 bits per heavy atom. The van der Waals surface area contributed by atoms with E-state index in [1.54, 1.807) is 0 Å². The van der Waals surface area contributed by atoms with E-state index >= 15 is 0 Å². The summed E-state index contributed by atoms with van der Waals surface area (Å²) in [6.07, 6.45) is 8.92. The maximum atomic E-state index is 13.9. The molecule has 0 aliphatic carbocycles. The molecule has 0 saturated carbocycles. The number of benzene rings is 1. The summed E-state index contributed by atoms with van der Waals surface area (Å²) >= 11 is 4.62. The molecule has 28 heavy (non-hydrogen) atoms. The molecule has 1 aromatic rings. The zero-order valence-electron chi connectivity index (χ0n) is 18.6. The molecular formula is C23H41O3PS. The van der Waals surface area contributed by atoms with E-state index in [0.29, 0.717) is 35.2 Å². The van der Waals surface area contributed by atoms with Gasteiger partial charge in [-0.05, 0) is 43.2 Å². The molecule has 0 bridgehead atoms. The molecule has 0 fully saturated rings. The molecule has 0 heterocycles. The normalized spacial score (nSPS) is 15.9. The van der Waals surface area contributed by atoms with E-state index in [9.17, 15) is 4.57 Å². The van der Waals surface area contributed by atoms with Gasteiger partial charge in [0, 0.05) is 4.90 Å². The Morgan fingerprint density at radius 1 is 0.929 bits per heavy atom. The van der Waals surface area contributed by atoms with Gasteiger partial charge in [-0.1, -0.05) is 78.4 Å². The summed E-state index contributed by atoms with van der Waals surface area (Å²) in [4.78, 5) is 0.717. The third-order valence-electron chi connectivity index (χ3n) is 5.56. The van der Waals surface area contributed by atoms with Gasteiger partial charge in [-0.3, -0.25) is 4.57 Å². The van der Waals surface area contributed by atoms with Crippen LogP contribution in [-0.4, -0.2) is 13.2 Å². The molecule has 0 aliphatic rings. The van der Waals surface area contributed by atoms with Crippen molar-refractivity contribution in [1.82, 2.24) is 0 Å². The first-order valence-corrected chi connectivity index (χ1v) is 13.1. The second kappa shape index (κ2) is 13.9. The molecule has 5 heteroatoms. The second-order valence-electron chi connectivity index (χ2n) is 7.86. The Balaban J connectivity index is 2.99. The van der Waals surface area contributed by atoms with Crippen LogP contribution in [0.5, 0.6) is 0 Å². The summed E-state index contributed by atoms with van der Waals surface area (Å²) in [5, 5.41) is 0.603. The van der Waals surface area contributed by atoms with Crippen LogP contribution in [0, 0.1) is 18.8 Å². The number of unbranched alkanes of at least 4 members (excludes halogenated alkanes) is 2. The van der Waals surface area contributed by atoms with Crippen molar-refractivity contribution >= 4 is 25.5 Å². The number of thiol groups is 1. The van der Waals surface area contributed by atoms with E-state index in [1.165, 1.54) is 25.7 Å². The zero-order valence-corrected chi connectivity index (χ0v) is 20.4. The average Bonchev–Trinajstić information content (AvgIpc) is 2.70. The molecule has 0 spiro atoms. The SMILES string of the molecule is CCCCC(CC)COP(=O)(OCC(CC)CCCC)c1cccc(C)c1S. The number of rotatable bonds is 15. The molecule has 2 atom stereocenters. The Kier molecular flexibility index (Phi) is 12.7. The standard InChI is InChI=1S/C23H41O3PS/c1-6-10-14-20(8-3)17-25-27(24,22-16-12-13-19(5)23(22)28)26-18-21(9-4)15-11-7-2/h12-13,16,20-21,28H,6-11,14-15,17-18H2,1-5H3. The Morgan fingerprint density at radius 3 is 1.86 bits per heavy atom. The molecule has 3 nitrogen and oxygen atoms in total. The molecule has 0 N–H and O–H groups in total. The lowest BCUT2D eigenvalue weighted by molar-refractivity contribution is 0.157. The summed E-state index contributed by atoms with van der Waals surface area (Å²) in [6, 6.07) is 5.73. The largest absolute Gasteiger partial charge is 0.362 e. The highest BCUT2D eigenvalue weighted by Gasteiger charge is 2.32. The third-order valence-corrected chi connectivity index (χ3v) is 8.27. The van der Waals surface area contributed by atoms with E-state index < -0.39 is 7.60 Å². The summed E-state index contributed by atoms with van der Waals surface area (Å²) in [5.41, 5.74) is 0.990. The number of aryl methyl sites for hydroxylation is 1. The fourth-order valence-electron chi connectivity index (χ4n) is 3.24. The maximum absolute atomic E-state index is 13.9. The summed E-state index contributed by atoms with van der Waals surface area (Å²) < 4.78 is 26.1. The molecule has 162 valence electrons. The zero-order chi connectivity index (χ0) is 21.0. The van der Waals surface area contributed by atoms with Crippen LogP contribution in [0.4, 0.5) is 0 Å². The Labute approximate surface area is 178 Å². The molecule has 0 aliphatic heterocycles. The fraction of sp³-hybridized carbons (Fsp3) is 0.739. The molecule has 0 radical (unpaired) electrons. The minimum absolute atomic E-state index is 0.409. The van der Waals surface area contributed by atoms with Crippen molar-refractivity contribution in [3.63, 3.8) is 0 Å². The van der Waals surface area contributed by atoms with Gasteiger partial charge in [0.05, 0.1) is 18.5 Å². The van der Waals surface area contributed by atoms with Gasteiger partial charge >= 0.3 is 7.60 Å². The first-order valence-electron chi connectivity index (χ1n) is 11.1. The smallest absolute Gasteiger partial charge is 0.305 e. The van der Waals surface area contributed by atoms with Crippen LogP contribution in [0.2, 0.25) is 0 Å². The van der Waals surface area contributed by atoms with Gasteiger partial charge in [0.2, 0.25) is 0 Å². The van der Waals surface area contributed by atoms with Crippen LogP contribution in [0.1, 0.15) is 84.6 Å². The van der Waals surface area contributed by atoms with Crippen molar-refractivity contribution in [2.75, 3.05) is 13.2 Å². The minimum Gasteiger partial charge on any atom is -0.305 e. The highest BCUT2D eigenvalue weighted by Crippen LogP contribution is 2.50. The van der Waals surface area contributed by atoms with E-state index in [1.807, 2.05) is 25.1 Å². The second-order valence-corrected chi connectivity index (χ2v) is 10.3. The Hall–Kier alpha value is -0.280. The molecule has 0 aromatic heterocycles. The molecule has 2 unspecified atom stereocenters. The summed E-state index contributed by atoms with van der Waals surface area (Å²) in [7, 11) is -3.41. The van der Waals surface area contributed by atoms with E-state index in [0.717, 1.165) is 31.2 Å². The topological polar surface area (TPSA) is 35.5 Å². The maximum Gasteiger partial charge on any atom is 0.362 e. The lowest BCUT2D eigenvalue weighted by atomic mass is 10.0. The molecule has 0 amide bonds. The van der Waals surface area contributed by atoms with Gasteiger partial charge in [-0.2, -0.15) is 0 Å². The first-order chi connectivity index (χ1) is 13.4. The number of hydrogen-bond acceptors (Lipinski definition) is 4. The van der Waals surface area contributed by atoms with Gasteiger partial charge in [0.15, 0.2) is 0 Å². The van der Waals surface area contributed by atoms with E-state index in [4.69, 9.17) is 9.05 Å². The Bertz CT molecular complexity index is 582. The van der Waals surface area contributed by atoms with Crippen molar-refractivity contribution in [3.05, 3.63) is 23.8 Å². The minimum atomic E-state index is -3.41. The quantitative estimate of drug-likeness (QED) is 0.231. The van der Waals surface area contributed by atoms with Crippen molar-refractivity contribution in [2.45, 2.75) is 90.9 Å². The van der Waals surface area contributed by atoms with Crippen LogP contribution in [0.25, 0.3) is 0 Å². The third kappa shape index (κ3) is 8.22. The van der Waals surface area contributed by atoms with Crippen molar-refractivity contribution < 1.29 is 13.6 Å². The average molecular weight is 429 g/mol. The van der Waals surface area contributed by atoms with Gasteiger partial charge in [0.1, 0.15) is 0 Å². The van der Waals surface area contributed by atoms with Crippen molar-refractivity contribution in [2.24, 2.45) is 11.8 Å². The van der Waals surface area contributed by atoms with Gasteiger partial charge in [0.25, 0.3) is 0 Å². The monoisotopic (exact) mass is 428 g/mol. The predicted octanol–water partition coefficient (Wildman–Crippen LogP) is 7.57. The van der Waals surface area contributed by atoms with Gasteiger partial charge in [-0.15, -0.1) is 12.6 Å². The van der Waals surface area contributed by atoms with Crippen molar-refractivity contribution in [3.8, 4) is 0 Å². The van der Waals surface area contributed by atoms with Crippen LogP contribution in [0.3, 0.4) is 0 Å². The van der Waals surface area contributed by atoms with E-state index in [-0.39, 0.29) is 0 Å². The van der Waals surface area contributed by atoms with Crippen LogP contribution < -0.4 is 5.30 Å². The van der Waals surface area contributed by atoms with Crippen LogP contribution in [0.15, 0.2) is 23.1 Å². The highest BCUT2D eigenvalue weighted by atomic mass is 32.1. The molecule has 1 aromatic carbocycles. The van der Waals surface area contributed by atoms with Gasteiger partial charge in [-0.25, -0.2) is 0 Å². The van der Waals surface area contributed by atoms with Crippen LogP contribution in [-0.2, 0) is 13.6 Å². The molecule has 0 saturated heterocycles. The molecular weight excluding hydrogens is 387 g/mol. The summed E-state index contributed by atoms with van der Waals surface area (Å²) in [6.45, 7) is 11.7. The number of hydrogen-bond donors (Lipinski definition) is 1. The van der Waals surface area contributed by atoms with Gasteiger partial charge < -0.3 is 9.05 Å². The predicted molar refractivity (Wildman–Crippen MR) is 124 cm³/mol. The molecule has 1 rings (SSSR count).